The van der Waals surface area contributed by atoms with Crippen LogP contribution in [0.3, 0.4) is 0 Å². The molecule has 8 nitrogen and oxygen atoms in total. The van der Waals surface area contributed by atoms with Crippen molar-refractivity contribution in [2.24, 2.45) is 0 Å². The molecule has 8 heteroatoms. The number of aromatic nitrogens is 2. The van der Waals surface area contributed by atoms with E-state index in [2.05, 4.69) is 20.2 Å². The third kappa shape index (κ3) is 3.90. The molecule has 1 saturated heterocycles. The predicted octanol–water partition coefficient (Wildman–Crippen LogP) is 1.59. The molecule has 1 aromatic heterocycles. The van der Waals surface area contributed by atoms with Crippen LogP contribution < -0.4 is 10.2 Å². The average molecular weight is 355 g/mol. The summed E-state index contributed by atoms with van der Waals surface area (Å²) in [7, 11) is 1.35. The number of carbonyl (C=O) groups excluding carboxylic acids is 2. The fourth-order valence-electron chi connectivity index (χ4n) is 2.85. The summed E-state index contributed by atoms with van der Waals surface area (Å²) in [5.41, 5.74) is 1.06. The molecule has 1 aliphatic rings. The quantitative estimate of drug-likeness (QED) is 0.644. The highest BCUT2D eigenvalue weighted by atomic mass is 16.5. The molecule has 0 radical (unpaired) electrons. The molecule has 0 aliphatic carbocycles. The lowest BCUT2D eigenvalue weighted by Gasteiger charge is -2.33. The van der Waals surface area contributed by atoms with Gasteiger partial charge >= 0.3 is 5.97 Å². The van der Waals surface area contributed by atoms with Crippen molar-refractivity contribution in [2.75, 3.05) is 43.5 Å². The standard InChI is InChI=1S/C18H21N5O3/c1-13-19-16(21-15-6-4-3-5-14(15)18(25)26-2)11-17(20-13)23-9-7-22(12-24)8-10-23/h3-6,11-12H,7-10H2,1-2H3,(H,19,20,21). The van der Waals surface area contributed by atoms with E-state index in [1.807, 2.05) is 19.1 Å². The van der Waals surface area contributed by atoms with Crippen LogP contribution in [-0.4, -0.2) is 60.5 Å². The Bertz CT molecular complexity index is 803. The van der Waals surface area contributed by atoms with Gasteiger partial charge in [-0.3, -0.25) is 4.79 Å². The molecular formula is C18H21N5O3. The Balaban J connectivity index is 1.83. The molecule has 1 fully saturated rings. The number of nitrogens with zero attached hydrogens (tertiary/aromatic N) is 4. The van der Waals surface area contributed by atoms with Gasteiger partial charge in [0.1, 0.15) is 17.5 Å². The number of ether oxygens (including phenoxy) is 1. The first-order valence-corrected chi connectivity index (χ1v) is 8.35. The van der Waals surface area contributed by atoms with Gasteiger partial charge in [0.2, 0.25) is 6.41 Å². The third-order valence-electron chi connectivity index (χ3n) is 4.21. The molecule has 0 atom stereocenters. The zero-order valence-electron chi connectivity index (χ0n) is 14.8. The summed E-state index contributed by atoms with van der Waals surface area (Å²) in [5, 5.41) is 3.18. The van der Waals surface area contributed by atoms with Gasteiger partial charge in [-0.05, 0) is 19.1 Å². The van der Waals surface area contributed by atoms with Crippen molar-refractivity contribution in [3.63, 3.8) is 0 Å². The Labute approximate surface area is 151 Å². The van der Waals surface area contributed by atoms with E-state index >= 15 is 0 Å². The number of anilines is 3. The van der Waals surface area contributed by atoms with Crippen LogP contribution in [-0.2, 0) is 9.53 Å². The van der Waals surface area contributed by atoms with E-state index in [9.17, 15) is 9.59 Å². The minimum atomic E-state index is -0.413. The van der Waals surface area contributed by atoms with Crippen LogP contribution in [0.5, 0.6) is 0 Å². The number of esters is 1. The maximum absolute atomic E-state index is 11.9. The van der Waals surface area contributed by atoms with E-state index in [1.54, 1.807) is 23.1 Å². The highest BCUT2D eigenvalue weighted by Gasteiger charge is 2.18. The Morgan fingerprint density at radius 1 is 1.19 bits per heavy atom. The van der Waals surface area contributed by atoms with Crippen molar-refractivity contribution in [1.82, 2.24) is 14.9 Å². The van der Waals surface area contributed by atoms with Gasteiger partial charge in [-0.15, -0.1) is 0 Å². The summed E-state index contributed by atoms with van der Waals surface area (Å²) in [5.74, 6) is 1.60. The number of hydrogen-bond acceptors (Lipinski definition) is 7. The van der Waals surface area contributed by atoms with Gasteiger partial charge in [0, 0.05) is 32.2 Å². The van der Waals surface area contributed by atoms with Crippen molar-refractivity contribution in [3.05, 3.63) is 41.7 Å². The number of amides is 1. The normalized spacial score (nSPS) is 14.1. The molecule has 1 aromatic carbocycles. The molecule has 0 spiro atoms. The number of benzene rings is 1. The second kappa shape index (κ2) is 7.81. The highest BCUT2D eigenvalue weighted by molar-refractivity contribution is 5.96. The monoisotopic (exact) mass is 355 g/mol. The van der Waals surface area contributed by atoms with Gasteiger partial charge in [-0.25, -0.2) is 14.8 Å². The first-order chi connectivity index (χ1) is 12.6. The summed E-state index contributed by atoms with van der Waals surface area (Å²) < 4.78 is 4.82. The largest absolute Gasteiger partial charge is 0.465 e. The number of carbonyl (C=O) groups is 2. The van der Waals surface area contributed by atoms with E-state index < -0.39 is 5.97 Å². The van der Waals surface area contributed by atoms with E-state index in [0.717, 1.165) is 12.2 Å². The van der Waals surface area contributed by atoms with Crippen molar-refractivity contribution in [3.8, 4) is 0 Å². The highest BCUT2D eigenvalue weighted by Crippen LogP contribution is 2.23. The van der Waals surface area contributed by atoms with Crippen molar-refractivity contribution in [2.45, 2.75) is 6.92 Å². The maximum Gasteiger partial charge on any atom is 0.339 e. The molecule has 0 saturated carbocycles. The van der Waals surface area contributed by atoms with Crippen LogP contribution in [0.4, 0.5) is 17.3 Å². The Morgan fingerprint density at radius 2 is 1.92 bits per heavy atom. The molecule has 136 valence electrons. The minimum absolute atomic E-state index is 0.413. The van der Waals surface area contributed by atoms with E-state index in [1.165, 1.54) is 7.11 Å². The molecule has 0 unspecified atom stereocenters. The maximum atomic E-state index is 11.9. The van der Waals surface area contributed by atoms with Crippen molar-refractivity contribution < 1.29 is 14.3 Å². The smallest absolute Gasteiger partial charge is 0.339 e. The van der Waals surface area contributed by atoms with E-state index in [-0.39, 0.29) is 0 Å². The number of hydrogen-bond donors (Lipinski definition) is 1. The summed E-state index contributed by atoms with van der Waals surface area (Å²) in [6.45, 7) is 4.59. The number of nitrogens with one attached hydrogen (secondary N) is 1. The van der Waals surface area contributed by atoms with Crippen LogP contribution in [0.25, 0.3) is 0 Å². The van der Waals surface area contributed by atoms with E-state index in [4.69, 9.17) is 4.74 Å². The van der Waals surface area contributed by atoms with E-state index in [0.29, 0.717) is 49.1 Å². The molecule has 1 amide bonds. The number of rotatable bonds is 5. The van der Waals surface area contributed by atoms with Gasteiger partial charge < -0.3 is 19.9 Å². The Kier molecular flexibility index (Phi) is 5.31. The summed E-state index contributed by atoms with van der Waals surface area (Å²) in [4.78, 5) is 35.6. The fourth-order valence-corrected chi connectivity index (χ4v) is 2.85. The van der Waals surface area contributed by atoms with Gasteiger partial charge in [0.15, 0.2) is 0 Å². The average Bonchev–Trinajstić information content (AvgIpc) is 2.67. The predicted molar refractivity (Wildman–Crippen MR) is 97.7 cm³/mol. The molecule has 3 rings (SSSR count). The molecule has 2 aromatic rings. The molecular weight excluding hydrogens is 334 g/mol. The number of aryl methyl sites for hydroxylation is 1. The van der Waals surface area contributed by atoms with Crippen LogP contribution in [0.2, 0.25) is 0 Å². The number of para-hydroxylation sites is 1. The summed E-state index contributed by atoms with van der Waals surface area (Å²) >= 11 is 0. The first-order valence-electron chi connectivity index (χ1n) is 8.35. The van der Waals surface area contributed by atoms with Gasteiger partial charge in [0.05, 0.1) is 18.4 Å². The van der Waals surface area contributed by atoms with Gasteiger partial charge in [-0.1, -0.05) is 12.1 Å². The molecule has 26 heavy (non-hydrogen) atoms. The lowest BCUT2D eigenvalue weighted by molar-refractivity contribution is -0.118. The molecule has 1 N–H and O–H groups in total. The third-order valence-corrected chi connectivity index (χ3v) is 4.21. The van der Waals surface area contributed by atoms with Crippen molar-refractivity contribution >= 4 is 29.7 Å². The first kappa shape index (κ1) is 17.7. The zero-order valence-corrected chi connectivity index (χ0v) is 14.8. The zero-order chi connectivity index (χ0) is 18.5. The number of piperazine rings is 1. The van der Waals surface area contributed by atoms with Gasteiger partial charge in [0.25, 0.3) is 0 Å². The molecule has 1 aliphatic heterocycles. The second-order valence-electron chi connectivity index (χ2n) is 5.95. The topological polar surface area (TPSA) is 87.7 Å². The van der Waals surface area contributed by atoms with Crippen LogP contribution in [0.1, 0.15) is 16.2 Å². The SMILES string of the molecule is COC(=O)c1ccccc1Nc1cc(N2CCN(C=O)CC2)nc(C)n1. The lowest BCUT2D eigenvalue weighted by Crippen LogP contribution is -2.46. The lowest BCUT2D eigenvalue weighted by atomic mass is 10.2. The van der Waals surface area contributed by atoms with Crippen LogP contribution in [0.15, 0.2) is 30.3 Å². The van der Waals surface area contributed by atoms with Gasteiger partial charge in [-0.2, -0.15) is 0 Å². The number of methoxy groups -OCH3 is 1. The fraction of sp³-hybridized carbons (Fsp3) is 0.333. The minimum Gasteiger partial charge on any atom is -0.465 e. The summed E-state index contributed by atoms with van der Waals surface area (Å²) in [6, 6.07) is 8.95. The molecule has 0 bridgehead atoms. The Hall–Kier alpha value is -3.16. The molecule has 2 heterocycles. The van der Waals surface area contributed by atoms with Crippen LogP contribution in [0, 0.1) is 6.92 Å². The second-order valence-corrected chi connectivity index (χ2v) is 5.95. The van der Waals surface area contributed by atoms with Crippen molar-refractivity contribution in [1.29, 1.82) is 0 Å². The summed E-state index contributed by atoms with van der Waals surface area (Å²) in [6.07, 6.45) is 0.874. The Morgan fingerprint density at radius 3 is 2.62 bits per heavy atom. The van der Waals surface area contributed by atoms with Crippen LogP contribution >= 0.6 is 0 Å².